The van der Waals surface area contributed by atoms with E-state index in [1.54, 1.807) is 7.11 Å². The summed E-state index contributed by atoms with van der Waals surface area (Å²) in [5.41, 5.74) is 0.867. The Hall–Kier alpha value is -2.37. The highest BCUT2D eigenvalue weighted by atomic mass is 16.5. The Labute approximate surface area is 181 Å². The van der Waals surface area contributed by atoms with Gasteiger partial charge < -0.3 is 14.2 Å². The maximum atomic E-state index is 5.92. The van der Waals surface area contributed by atoms with Gasteiger partial charge in [-0.25, -0.2) is 0 Å². The van der Waals surface area contributed by atoms with Crippen molar-refractivity contribution < 1.29 is 14.2 Å². The number of rotatable bonds is 14. The van der Waals surface area contributed by atoms with Crippen LogP contribution in [0.1, 0.15) is 66.2 Å². The molecular weight excluding hydrogens is 378 g/mol. The van der Waals surface area contributed by atoms with Gasteiger partial charge in [-0.05, 0) is 48.9 Å². The highest BCUT2D eigenvalue weighted by molar-refractivity contribution is 5.56. The molecule has 0 saturated heterocycles. The summed E-state index contributed by atoms with van der Waals surface area (Å²) in [6.07, 6.45) is 7.03. The van der Waals surface area contributed by atoms with Gasteiger partial charge in [-0.2, -0.15) is 9.97 Å². The molecule has 0 spiro atoms. The Balaban J connectivity index is 2.15. The van der Waals surface area contributed by atoms with Gasteiger partial charge >= 0.3 is 12.0 Å². The highest BCUT2D eigenvalue weighted by Crippen LogP contribution is 2.23. The topological polar surface area (TPSA) is 66.4 Å². The quantitative estimate of drug-likeness (QED) is 0.379. The Bertz CT molecular complexity index is 701. The van der Waals surface area contributed by atoms with Crippen LogP contribution in [0.3, 0.4) is 0 Å². The van der Waals surface area contributed by atoms with E-state index in [4.69, 9.17) is 14.2 Å². The van der Waals surface area contributed by atoms with Crippen molar-refractivity contribution in [2.75, 3.05) is 20.3 Å². The Morgan fingerprint density at radius 3 is 1.70 bits per heavy atom. The van der Waals surface area contributed by atoms with Crippen LogP contribution in [0.25, 0.3) is 11.4 Å². The average Bonchev–Trinajstić information content (AvgIpc) is 2.78. The van der Waals surface area contributed by atoms with Crippen molar-refractivity contribution in [3.05, 3.63) is 24.3 Å². The number of nitrogens with zero attached hydrogens (tertiary/aromatic N) is 3. The number of hydrogen-bond acceptors (Lipinski definition) is 6. The number of aromatic nitrogens is 3. The predicted molar refractivity (Wildman–Crippen MR) is 120 cm³/mol. The van der Waals surface area contributed by atoms with Crippen LogP contribution < -0.4 is 14.2 Å². The van der Waals surface area contributed by atoms with Gasteiger partial charge in [0.2, 0.25) is 0 Å². The van der Waals surface area contributed by atoms with Crippen molar-refractivity contribution in [2.45, 2.75) is 66.2 Å². The zero-order valence-corrected chi connectivity index (χ0v) is 19.2. The maximum Gasteiger partial charge on any atom is 0.323 e. The van der Waals surface area contributed by atoms with Gasteiger partial charge in [-0.3, -0.25) is 0 Å². The van der Waals surface area contributed by atoms with E-state index in [9.17, 15) is 0 Å². The number of ether oxygens (including phenoxy) is 3. The Morgan fingerprint density at radius 1 is 0.767 bits per heavy atom. The molecule has 0 amide bonds. The molecule has 2 aromatic rings. The maximum absolute atomic E-state index is 5.92. The molecule has 0 bridgehead atoms. The van der Waals surface area contributed by atoms with Crippen molar-refractivity contribution in [2.24, 2.45) is 11.8 Å². The van der Waals surface area contributed by atoms with Crippen molar-refractivity contribution in [1.82, 2.24) is 15.0 Å². The lowest BCUT2D eigenvalue weighted by Gasteiger charge is -2.14. The third kappa shape index (κ3) is 8.17. The zero-order valence-electron chi connectivity index (χ0n) is 19.2. The van der Waals surface area contributed by atoms with E-state index in [2.05, 4.69) is 42.6 Å². The molecule has 1 heterocycles. The molecule has 0 N–H and O–H groups in total. The summed E-state index contributed by atoms with van der Waals surface area (Å²) in [5.74, 6) is 2.23. The molecule has 30 heavy (non-hydrogen) atoms. The fourth-order valence-corrected chi connectivity index (χ4v) is 3.04. The molecule has 0 aliphatic rings. The first kappa shape index (κ1) is 23.9. The molecule has 6 nitrogen and oxygen atoms in total. The van der Waals surface area contributed by atoms with Gasteiger partial charge in [0, 0.05) is 5.56 Å². The van der Waals surface area contributed by atoms with Gasteiger partial charge in [0.05, 0.1) is 20.3 Å². The molecule has 0 radical (unpaired) electrons. The zero-order chi connectivity index (χ0) is 21.8. The fraction of sp³-hybridized carbons (Fsp3) is 0.625. The molecule has 2 rings (SSSR count). The minimum absolute atomic E-state index is 0.315. The Kier molecular flexibility index (Phi) is 10.4. The second-order valence-electron chi connectivity index (χ2n) is 8.07. The molecular formula is C24H37N3O3. The van der Waals surface area contributed by atoms with Crippen LogP contribution in [-0.4, -0.2) is 35.3 Å². The third-order valence-electron chi connectivity index (χ3n) is 5.04. The van der Waals surface area contributed by atoms with Crippen molar-refractivity contribution in [3.8, 4) is 29.2 Å². The standard InChI is InChI=1S/C24H37N3O3/c1-6-8-10-18(3)16-29-23-25-22(20-12-14-21(28-5)15-13-20)26-24(27-23)30-17-19(4)11-9-7-2/h12-15,18-19H,6-11,16-17H2,1-5H3. The van der Waals surface area contributed by atoms with E-state index in [0.29, 0.717) is 42.9 Å². The van der Waals surface area contributed by atoms with Crippen LogP contribution in [-0.2, 0) is 0 Å². The van der Waals surface area contributed by atoms with Gasteiger partial charge in [-0.1, -0.05) is 53.4 Å². The van der Waals surface area contributed by atoms with Crippen LogP contribution in [0, 0.1) is 11.8 Å². The fourth-order valence-electron chi connectivity index (χ4n) is 3.04. The summed E-state index contributed by atoms with van der Waals surface area (Å²) in [6, 6.07) is 8.26. The number of hydrogen-bond donors (Lipinski definition) is 0. The van der Waals surface area contributed by atoms with Crippen molar-refractivity contribution in [1.29, 1.82) is 0 Å². The highest BCUT2D eigenvalue weighted by Gasteiger charge is 2.13. The smallest absolute Gasteiger partial charge is 0.323 e. The van der Waals surface area contributed by atoms with Crippen LogP contribution in [0.15, 0.2) is 24.3 Å². The monoisotopic (exact) mass is 415 g/mol. The summed E-state index contributed by atoms with van der Waals surface area (Å²) in [5, 5.41) is 0. The minimum Gasteiger partial charge on any atom is -0.497 e. The van der Waals surface area contributed by atoms with E-state index in [0.717, 1.165) is 24.2 Å². The average molecular weight is 416 g/mol. The molecule has 2 atom stereocenters. The van der Waals surface area contributed by atoms with Gasteiger partial charge in [0.25, 0.3) is 0 Å². The van der Waals surface area contributed by atoms with Crippen molar-refractivity contribution in [3.63, 3.8) is 0 Å². The number of methoxy groups -OCH3 is 1. The van der Waals surface area contributed by atoms with E-state index in [1.165, 1.54) is 25.7 Å². The molecule has 6 heteroatoms. The molecule has 166 valence electrons. The van der Waals surface area contributed by atoms with Gasteiger partial charge in [0.15, 0.2) is 5.82 Å². The second kappa shape index (κ2) is 13.0. The minimum atomic E-state index is 0.315. The molecule has 0 saturated carbocycles. The molecule has 0 fully saturated rings. The molecule has 2 unspecified atom stereocenters. The van der Waals surface area contributed by atoms with Gasteiger partial charge in [-0.15, -0.1) is 4.98 Å². The van der Waals surface area contributed by atoms with Gasteiger partial charge in [0.1, 0.15) is 5.75 Å². The van der Waals surface area contributed by atoms with Crippen LogP contribution >= 0.6 is 0 Å². The van der Waals surface area contributed by atoms with E-state index >= 15 is 0 Å². The summed E-state index contributed by atoms with van der Waals surface area (Å²) in [6.45, 7) is 9.94. The predicted octanol–water partition coefficient (Wildman–Crippen LogP) is 5.96. The molecule has 1 aromatic heterocycles. The molecule has 0 aliphatic heterocycles. The van der Waals surface area contributed by atoms with Crippen molar-refractivity contribution >= 4 is 0 Å². The summed E-state index contributed by atoms with van der Waals surface area (Å²) in [4.78, 5) is 13.5. The summed E-state index contributed by atoms with van der Waals surface area (Å²) in [7, 11) is 1.65. The second-order valence-corrected chi connectivity index (χ2v) is 8.07. The van der Waals surface area contributed by atoms with Crippen LogP contribution in [0.5, 0.6) is 17.8 Å². The normalized spacial score (nSPS) is 13.0. The first-order valence-corrected chi connectivity index (χ1v) is 11.2. The first-order chi connectivity index (χ1) is 14.5. The third-order valence-corrected chi connectivity index (χ3v) is 5.04. The van der Waals surface area contributed by atoms with Crippen LogP contribution in [0.4, 0.5) is 0 Å². The lowest BCUT2D eigenvalue weighted by atomic mass is 10.1. The lowest BCUT2D eigenvalue weighted by Crippen LogP contribution is -2.14. The van der Waals surface area contributed by atoms with E-state index in [-0.39, 0.29) is 0 Å². The Morgan fingerprint density at radius 2 is 1.27 bits per heavy atom. The van der Waals surface area contributed by atoms with Crippen LogP contribution in [0.2, 0.25) is 0 Å². The first-order valence-electron chi connectivity index (χ1n) is 11.2. The van der Waals surface area contributed by atoms with E-state index in [1.807, 2.05) is 24.3 Å². The largest absolute Gasteiger partial charge is 0.497 e. The summed E-state index contributed by atoms with van der Waals surface area (Å²) >= 11 is 0. The van der Waals surface area contributed by atoms with E-state index < -0.39 is 0 Å². The summed E-state index contributed by atoms with van der Waals surface area (Å²) < 4.78 is 17.1. The number of unbranched alkanes of at least 4 members (excludes halogenated alkanes) is 2. The molecule has 0 aliphatic carbocycles. The number of benzene rings is 1. The lowest BCUT2D eigenvalue weighted by molar-refractivity contribution is 0.210. The molecule has 1 aromatic carbocycles. The SMILES string of the molecule is CCCCC(C)COc1nc(OCC(C)CCCC)nc(-c2ccc(OC)cc2)n1.